The lowest BCUT2D eigenvalue weighted by Crippen LogP contribution is -2.26. The van der Waals surface area contributed by atoms with Crippen LogP contribution in [0.2, 0.25) is 0 Å². The molecule has 2 aromatic heterocycles. The summed E-state index contributed by atoms with van der Waals surface area (Å²) in [4.78, 5) is 22.7. The highest BCUT2D eigenvalue weighted by Gasteiger charge is 2.20. The summed E-state index contributed by atoms with van der Waals surface area (Å²) in [5.41, 5.74) is -0.149. The van der Waals surface area contributed by atoms with Crippen molar-refractivity contribution in [3.8, 4) is 0 Å². The smallest absolute Gasteiger partial charge is 0.374 e. The van der Waals surface area contributed by atoms with Gasteiger partial charge in [0.25, 0.3) is 10.0 Å². The molecular formula is C14H16N2O6S. The maximum absolute atomic E-state index is 12.0. The fraction of sp³-hybridized carbons (Fsp3) is 0.286. The number of ether oxygens (including phenoxy) is 1. The first-order valence-corrected chi connectivity index (χ1v) is 8.25. The van der Waals surface area contributed by atoms with Crippen molar-refractivity contribution in [3.05, 3.63) is 52.6 Å². The fourth-order valence-electron chi connectivity index (χ4n) is 1.85. The minimum Gasteiger partial charge on any atom is -0.463 e. The second-order valence-corrected chi connectivity index (χ2v) is 6.29. The van der Waals surface area contributed by atoms with Crippen LogP contribution in [0.5, 0.6) is 0 Å². The van der Waals surface area contributed by atoms with Crippen LogP contribution in [0, 0.1) is 0 Å². The van der Waals surface area contributed by atoms with Crippen molar-refractivity contribution in [2.24, 2.45) is 0 Å². The van der Waals surface area contributed by atoms with E-state index in [2.05, 4.69) is 9.46 Å². The molecule has 2 heterocycles. The predicted octanol–water partition coefficient (Wildman–Crippen LogP) is 0.596. The van der Waals surface area contributed by atoms with Gasteiger partial charge in [-0.05, 0) is 24.6 Å². The second kappa shape index (κ2) is 7.25. The Morgan fingerprint density at radius 1 is 1.30 bits per heavy atom. The van der Waals surface area contributed by atoms with Crippen molar-refractivity contribution in [1.29, 1.82) is 0 Å². The van der Waals surface area contributed by atoms with Crippen molar-refractivity contribution in [2.45, 2.75) is 18.1 Å². The van der Waals surface area contributed by atoms with Gasteiger partial charge in [-0.3, -0.25) is 4.79 Å². The maximum Gasteiger partial charge on any atom is 0.374 e. The third-order valence-electron chi connectivity index (χ3n) is 3.00. The Morgan fingerprint density at radius 2 is 2.09 bits per heavy atom. The van der Waals surface area contributed by atoms with E-state index in [0.717, 1.165) is 0 Å². The molecule has 0 aromatic carbocycles. The molecule has 0 amide bonds. The van der Waals surface area contributed by atoms with E-state index in [1.165, 1.54) is 29.9 Å². The molecule has 0 fully saturated rings. The number of aromatic nitrogens is 1. The number of sulfonamides is 1. The van der Waals surface area contributed by atoms with Gasteiger partial charge in [-0.2, -0.15) is 0 Å². The number of furan rings is 1. The Bertz CT molecular complexity index is 837. The minimum atomic E-state index is -3.86. The Labute approximate surface area is 132 Å². The lowest BCUT2D eigenvalue weighted by molar-refractivity contribution is 0.0559. The van der Waals surface area contributed by atoms with Gasteiger partial charge >= 0.3 is 5.97 Å². The molecule has 2 aromatic rings. The number of esters is 1. The summed E-state index contributed by atoms with van der Waals surface area (Å²) in [5, 5.41) is -0.366. The lowest BCUT2D eigenvalue weighted by Gasteiger charge is -2.06. The van der Waals surface area contributed by atoms with Crippen molar-refractivity contribution < 1.29 is 22.4 Å². The number of methoxy groups -OCH3 is 1. The van der Waals surface area contributed by atoms with Crippen molar-refractivity contribution >= 4 is 16.0 Å². The number of carbonyl (C=O) groups excluding carboxylic acids is 1. The first kappa shape index (κ1) is 17.0. The number of hydrogen-bond donors (Lipinski definition) is 1. The standard InChI is InChI=1S/C14H16N2O6S/c1-21-14(18)11-6-7-13(22-11)23(19,20)15-8-4-10-16-9-3-2-5-12(16)17/h2-3,5-7,9,15H,4,8,10H2,1H3. The van der Waals surface area contributed by atoms with Gasteiger partial charge in [0.2, 0.25) is 16.4 Å². The molecule has 0 atom stereocenters. The predicted molar refractivity (Wildman–Crippen MR) is 80.6 cm³/mol. The molecule has 0 aliphatic carbocycles. The van der Waals surface area contributed by atoms with Crippen LogP contribution in [0.25, 0.3) is 0 Å². The van der Waals surface area contributed by atoms with E-state index in [4.69, 9.17) is 4.42 Å². The minimum absolute atomic E-state index is 0.123. The van der Waals surface area contributed by atoms with E-state index in [0.29, 0.717) is 13.0 Å². The average Bonchev–Trinajstić information content (AvgIpc) is 3.03. The fourth-order valence-corrected chi connectivity index (χ4v) is 2.85. The zero-order valence-corrected chi connectivity index (χ0v) is 13.2. The number of carbonyl (C=O) groups is 1. The lowest BCUT2D eigenvalue weighted by atomic mass is 10.4. The monoisotopic (exact) mass is 340 g/mol. The zero-order chi connectivity index (χ0) is 16.9. The third-order valence-corrected chi connectivity index (χ3v) is 4.33. The van der Waals surface area contributed by atoms with E-state index in [1.54, 1.807) is 18.3 Å². The van der Waals surface area contributed by atoms with Crippen LogP contribution in [-0.2, 0) is 21.3 Å². The van der Waals surface area contributed by atoms with Crippen LogP contribution < -0.4 is 10.3 Å². The van der Waals surface area contributed by atoms with E-state index in [9.17, 15) is 18.0 Å². The van der Waals surface area contributed by atoms with Crippen LogP contribution in [-0.4, -0.2) is 32.6 Å². The molecule has 0 aliphatic rings. The van der Waals surface area contributed by atoms with Gasteiger partial charge in [0, 0.05) is 25.4 Å². The van der Waals surface area contributed by atoms with Crippen molar-refractivity contribution in [2.75, 3.05) is 13.7 Å². The molecule has 0 aliphatic heterocycles. The molecule has 0 saturated carbocycles. The van der Waals surface area contributed by atoms with Gasteiger partial charge in [0.1, 0.15) is 0 Å². The van der Waals surface area contributed by atoms with Gasteiger partial charge in [0.05, 0.1) is 7.11 Å². The van der Waals surface area contributed by atoms with E-state index >= 15 is 0 Å². The highest BCUT2D eigenvalue weighted by atomic mass is 32.2. The summed E-state index contributed by atoms with van der Waals surface area (Å²) in [6, 6.07) is 7.20. The van der Waals surface area contributed by atoms with Crippen LogP contribution >= 0.6 is 0 Å². The highest BCUT2D eigenvalue weighted by molar-refractivity contribution is 7.89. The second-order valence-electron chi connectivity index (χ2n) is 4.59. The number of hydrogen-bond acceptors (Lipinski definition) is 6. The van der Waals surface area contributed by atoms with Crippen LogP contribution in [0.15, 0.2) is 50.8 Å². The zero-order valence-electron chi connectivity index (χ0n) is 12.4. The van der Waals surface area contributed by atoms with Gasteiger partial charge < -0.3 is 13.7 Å². The van der Waals surface area contributed by atoms with E-state index in [1.807, 2.05) is 0 Å². The molecule has 0 unspecified atom stereocenters. The van der Waals surface area contributed by atoms with Crippen molar-refractivity contribution in [1.82, 2.24) is 9.29 Å². The summed E-state index contributed by atoms with van der Waals surface area (Å²) < 4.78 is 37.2. The number of nitrogens with one attached hydrogen (secondary N) is 1. The Balaban J connectivity index is 1.92. The van der Waals surface area contributed by atoms with Crippen molar-refractivity contribution in [3.63, 3.8) is 0 Å². The van der Waals surface area contributed by atoms with Gasteiger partial charge in [0.15, 0.2) is 0 Å². The summed E-state index contributed by atoms with van der Waals surface area (Å²) in [6.07, 6.45) is 2.06. The first-order valence-electron chi connectivity index (χ1n) is 6.77. The quantitative estimate of drug-likeness (QED) is 0.584. The molecule has 124 valence electrons. The van der Waals surface area contributed by atoms with E-state index in [-0.39, 0.29) is 23.0 Å². The summed E-state index contributed by atoms with van der Waals surface area (Å²) in [5.74, 6) is -0.946. The first-order chi connectivity index (χ1) is 10.9. The molecule has 23 heavy (non-hydrogen) atoms. The molecule has 9 heteroatoms. The SMILES string of the molecule is COC(=O)c1ccc(S(=O)(=O)NCCCn2ccccc2=O)o1. The molecule has 8 nitrogen and oxygen atoms in total. The Hall–Kier alpha value is -2.39. The van der Waals surface area contributed by atoms with Crippen LogP contribution in [0.4, 0.5) is 0 Å². The Kier molecular flexibility index (Phi) is 5.35. The highest BCUT2D eigenvalue weighted by Crippen LogP contribution is 2.14. The largest absolute Gasteiger partial charge is 0.463 e. The normalized spacial score (nSPS) is 11.3. The molecule has 0 radical (unpaired) electrons. The van der Waals surface area contributed by atoms with Crippen LogP contribution in [0.3, 0.4) is 0 Å². The van der Waals surface area contributed by atoms with Crippen LogP contribution in [0.1, 0.15) is 17.0 Å². The maximum atomic E-state index is 12.0. The molecule has 2 rings (SSSR count). The van der Waals surface area contributed by atoms with E-state index < -0.39 is 16.0 Å². The average molecular weight is 340 g/mol. The third kappa shape index (κ3) is 4.30. The molecular weight excluding hydrogens is 324 g/mol. The topological polar surface area (TPSA) is 108 Å². The molecule has 0 spiro atoms. The molecule has 0 saturated heterocycles. The Morgan fingerprint density at radius 3 is 2.78 bits per heavy atom. The summed E-state index contributed by atoms with van der Waals surface area (Å²) in [7, 11) is -2.69. The molecule has 1 N–H and O–H groups in total. The number of aryl methyl sites for hydroxylation is 1. The summed E-state index contributed by atoms with van der Waals surface area (Å²) >= 11 is 0. The summed E-state index contributed by atoms with van der Waals surface area (Å²) in [6.45, 7) is 0.506. The number of rotatable bonds is 7. The number of pyridine rings is 1. The van der Waals surface area contributed by atoms with Gasteiger partial charge in [-0.1, -0.05) is 6.07 Å². The van der Waals surface area contributed by atoms with Gasteiger partial charge in [-0.25, -0.2) is 17.9 Å². The van der Waals surface area contributed by atoms with Gasteiger partial charge in [-0.15, -0.1) is 0 Å². The molecule has 0 bridgehead atoms. The number of nitrogens with zero attached hydrogens (tertiary/aromatic N) is 1.